The van der Waals surface area contributed by atoms with Gasteiger partial charge in [0.25, 0.3) is 11.8 Å². The summed E-state index contributed by atoms with van der Waals surface area (Å²) in [5.74, 6) is -0.690. The molecule has 3 heterocycles. The maximum atomic E-state index is 13.0. The zero-order valence-electron chi connectivity index (χ0n) is 18.5. The molecule has 2 amide bonds. The largest absolute Gasteiger partial charge is 0.350 e. The Hall–Kier alpha value is -3.35. The van der Waals surface area contributed by atoms with Gasteiger partial charge in [-0.05, 0) is 31.5 Å². The number of unbranched alkanes of at least 4 members (excludes halogenated alkanes) is 2. The molecule has 1 aliphatic rings. The van der Waals surface area contributed by atoms with E-state index in [0.29, 0.717) is 17.7 Å². The van der Waals surface area contributed by atoms with Gasteiger partial charge < -0.3 is 14.9 Å². The second-order valence-corrected chi connectivity index (χ2v) is 8.31. The van der Waals surface area contributed by atoms with Crippen molar-refractivity contribution in [2.24, 2.45) is 12.8 Å². The van der Waals surface area contributed by atoms with Crippen molar-refractivity contribution in [1.29, 1.82) is 0 Å². The summed E-state index contributed by atoms with van der Waals surface area (Å²) in [5.41, 5.74) is 10.2. The van der Waals surface area contributed by atoms with Crippen LogP contribution in [0.3, 0.4) is 0 Å². The fourth-order valence-electron chi connectivity index (χ4n) is 4.74. The first-order valence-corrected chi connectivity index (χ1v) is 11.0. The second-order valence-electron chi connectivity index (χ2n) is 8.31. The Kier molecular flexibility index (Phi) is 6.40. The van der Waals surface area contributed by atoms with Crippen LogP contribution in [-0.2, 0) is 23.2 Å². The molecule has 0 bridgehead atoms. The summed E-state index contributed by atoms with van der Waals surface area (Å²) in [5, 5.41) is 4.47. The van der Waals surface area contributed by atoms with Crippen molar-refractivity contribution >= 4 is 57.2 Å². The van der Waals surface area contributed by atoms with Gasteiger partial charge in [0.05, 0.1) is 11.1 Å². The van der Waals surface area contributed by atoms with E-state index < -0.39 is 0 Å². The van der Waals surface area contributed by atoms with E-state index in [9.17, 15) is 9.59 Å². The van der Waals surface area contributed by atoms with Gasteiger partial charge in [-0.15, -0.1) is 12.4 Å². The second kappa shape index (κ2) is 9.25. The summed E-state index contributed by atoms with van der Waals surface area (Å²) in [6, 6.07) is 16.0. The molecular weight excluding hydrogens is 436 g/mol. The Morgan fingerprint density at radius 3 is 2.03 bits per heavy atom. The number of imide groups is 1. The molecule has 0 atom stereocenters. The maximum Gasteiger partial charge on any atom is 0.259 e. The van der Waals surface area contributed by atoms with Gasteiger partial charge in [-0.2, -0.15) is 0 Å². The summed E-state index contributed by atoms with van der Waals surface area (Å²) >= 11 is 0. The first-order chi connectivity index (χ1) is 15.6. The number of rotatable bonds is 7. The molecule has 0 spiro atoms. The summed E-state index contributed by atoms with van der Waals surface area (Å²) in [4.78, 5) is 26.0. The fourth-order valence-corrected chi connectivity index (χ4v) is 4.74. The lowest BCUT2D eigenvalue weighted by molar-refractivity contribution is -0.122. The van der Waals surface area contributed by atoms with Gasteiger partial charge >= 0.3 is 0 Å². The smallest absolute Gasteiger partial charge is 0.259 e. The zero-order chi connectivity index (χ0) is 22.2. The number of halogens is 1. The summed E-state index contributed by atoms with van der Waals surface area (Å²) in [7, 11) is 1.95. The third-order valence-corrected chi connectivity index (χ3v) is 6.26. The number of para-hydroxylation sites is 2. The number of nitrogens with one attached hydrogen (secondary N) is 1. The van der Waals surface area contributed by atoms with Crippen LogP contribution in [0.2, 0.25) is 0 Å². The summed E-state index contributed by atoms with van der Waals surface area (Å²) < 4.78 is 4.18. The minimum Gasteiger partial charge on any atom is -0.350 e. The highest BCUT2D eigenvalue weighted by molar-refractivity contribution is 6.50. The van der Waals surface area contributed by atoms with Crippen molar-refractivity contribution in [3.8, 4) is 0 Å². The van der Waals surface area contributed by atoms with Crippen LogP contribution in [0.25, 0.3) is 33.0 Å². The third-order valence-electron chi connectivity index (χ3n) is 6.26. The standard InChI is InChI=1S/C26H26N4O2.ClH/c1-29-15-19(17-9-3-5-11-21(17)29)23-24(26(32)28-25(23)31)20-16-30(14-8-2-7-13-27)22-12-6-4-10-18(20)22;/h3-6,9-12,15-16H,2,7-8,13-14,27H2,1H3,(H,28,31,32);1H. The molecule has 7 heteroatoms. The Morgan fingerprint density at radius 1 is 0.788 bits per heavy atom. The molecule has 4 aromatic rings. The molecule has 0 aliphatic carbocycles. The summed E-state index contributed by atoms with van der Waals surface area (Å²) in [6.45, 7) is 1.54. The van der Waals surface area contributed by atoms with E-state index in [-0.39, 0.29) is 24.2 Å². The van der Waals surface area contributed by atoms with Gasteiger partial charge in [0.2, 0.25) is 0 Å². The fraction of sp³-hybridized carbons (Fsp3) is 0.231. The van der Waals surface area contributed by atoms with Crippen LogP contribution in [0.5, 0.6) is 0 Å². The number of benzene rings is 2. The maximum absolute atomic E-state index is 13.0. The van der Waals surface area contributed by atoms with Crippen molar-refractivity contribution in [2.45, 2.75) is 25.8 Å². The molecular formula is C26H27ClN4O2. The van der Waals surface area contributed by atoms with E-state index in [1.807, 2.05) is 66.5 Å². The molecule has 6 nitrogen and oxygen atoms in total. The van der Waals surface area contributed by atoms with Crippen molar-refractivity contribution in [3.63, 3.8) is 0 Å². The van der Waals surface area contributed by atoms with Crippen molar-refractivity contribution < 1.29 is 9.59 Å². The predicted octanol–water partition coefficient (Wildman–Crippen LogP) is 4.25. The van der Waals surface area contributed by atoms with E-state index in [1.54, 1.807) is 0 Å². The molecule has 170 valence electrons. The Bertz CT molecular complexity index is 1400. The van der Waals surface area contributed by atoms with Crippen molar-refractivity contribution in [1.82, 2.24) is 14.5 Å². The first kappa shape index (κ1) is 22.8. The number of fused-ring (bicyclic) bond motifs is 2. The predicted molar refractivity (Wildman–Crippen MR) is 135 cm³/mol. The number of aromatic nitrogens is 2. The van der Waals surface area contributed by atoms with Crippen LogP contribution in [0.1, 0.15) is 30.4 Å². The number of carbonyl (C=O) groups excluding carboxylic acids is 2. The zero-order valence-corrected chi connectivity index (χ0v) is 19.3. The molecule has 0 saturated heterocycles. The summed E-state index contributed by atoms with van der Waals surface area (Å²) in [6.07, 6.45) is 7.02. The number of nitrogens with zero attached hydrogens (tertiary/aromatic N) is 2. The average molecular weight is 463 g/mol. The molecule has 0 saturated carbocycles. The molecule has 2 aromatic heterocycles. The van der Waals surface area contributed by atoms with Crippen LogP contribution < -0.4 is 11.1 Å². The van der Waals surface area contributed by atoms with Crippen LogP contribution in [-0.4, -0.2) is 27.5 Å². The molecule has 0 radical (unpaired) electrons. The Balaban J connectivity index is 0.00000259. The normalized spacial score (nSPS) is 13.8. The van der Waals surface area contributed by atoms with Gasteiger partial charge in [-0.1, -0.05) is 42.8 Å². The number of amides is 2. The van der Waals surface area contributed by atoms with E-state index >= 15 is 0 Å². The first-order valence-electron chi connectivity index (χ1n) is 11.0. The van der Waals surface area contributed by atoms with E-state index in [0.717, 1.165) is 58.7 Å². The SMILES string of the molecule is Cl.Cn1cc(C2=C(c3cn(CCCCCN)c4ccccc34)C(=O)NC2=O)c2ccccc21. The van der Waals surface area contributed by atoms with Gasteiger partial charge in [-0.3, -0.25) is 14.9 Å². The van der Waals surface area contributed by atoms with E-state index in [2.05, 4.69) is 16.0 Å². The highest BCUT2D eigenvalue weighted by atomic mass is 35.5. The van der Waals surface area contributed by atoms with Crippen molar-refractivity contribution in [3.05, 3.63) is 72.1 Å². The molecule has 33 heavy (non-hydrogen) atoms. The van der Waals surface area contributed by atoms with Crippen molar-refractivity contribution in [2.75, 3.05) is 6.54 Å². The van der Waals surface area contributed by atoms with Gasteiger partial charge in [0, 0.05) is 58.9 Å². The minimum absolute atomic E-state index is 0. The van der Waals surface area contributed by atoms with Crippen LogP contribution >= 0.6 is 12.4 Å². The number of hydrogen-bond donors (Lipinski definition) is 2. The lowest BCUT2D eigenvalue weighted by Gasteiger charge is -2.04. The minimum atomic E-state index is -0.346. The molecule has 3 N–H and O–H groups in total. The number of hydrogen-bond acceptors (Lipinski definition) is 3. The molecule has 2 aromatic carbocycles. The number of aryl methyl sites for hydroxylation is 2. The van der Waals surface area contributed by atoms with Gasteiger partial charge in [0.15, 0.2) is 0 Å². The topological polar surface area (TPSA) is 82.0 Å². The highest BCUT2D eigenvalue weighted by Crippen LogP contribution is 2.38. The quantitative estimate of drug-likeness (QED) is 0.318. The highest BCUT2D eigenvalue weighted by Gasteiger charge is 2.35. The number of carbonyl (C=O) groups is 2. The lowest BCUT2D eigenvalue weighted by atomic mass is 9.95. The molecule has 5 rings (SSSR count). The average Bonchev–Trinajstić information content (AvgIpc) is 3.42. The van der Waals surface area contributed by atoms with Gasteiger partial charge in [-0.25, -0.2) is 0 Å². The Labute approximate surface area is 198 Å². The molecule has 0 fully saturated rings. The van der Waals surface area contributed by atoms with E-state index in [1.165, 1.54) is 0 Å². The monoisotopic (exact) mass is 462 g/mol. The van der Waals surface area contributed by atoms with Gasteiger partial charge in [0.1, 0.15) is 0 Å². The van der Waals surface area contributed by atoms with Crippen LogP contribution in [0.4, 0.5) is 0 Å². The molecule has 1 aliphatic heterocycles. The van der Waals surface area contributed by atoms with E-state index in [4.69, 9.17) is 5.73 Å². The third kappa shape index (κ3) is 3.86. The molecule has 0 unspecified atom stereocenters. The van der Waals surface area contributed by atoms with Crippen LogP contribution in [0, 0.1) is 0 Å². The number of nitrogens with two attached hydrogens (primary N) is 1. The lowest BCUT2D eigenvalue weighted by Crippen LogP contribution is -2.22. The Morgan fingerprint density at radius 2 is 1.36 bits per heavy atom. The van der Waals surface area contributed by atoms with Crippen LogP contribution in [0.15, 0.2) is 60.9 Å².